The maximum atomic E-state index is 14.7. The van der Waals surface area contributed by atoms with Crippen molar-refractivity contribution >= 4 is 34.4 Å². The number of aliphatic hydroxyl groups is 2. The molecule has 0 radical (unpaired) electrons. The van der Waals surface area contributed by atoms with E-state index in [0.717, 1.165) is 40.3 Å². The Labute approximate surface area is 385 Å². The average Bonchev–Trinajstić information content (AvgIpc) is 3.32. The van der Waals surface area contributed by atoms with E-state index in [2.05, 4.69) is 18.0 Å². The number of rotatable bonds is 21. The van der Waals surface area contributed by atoms with Gasteiger partial charge in [0.1, 0.15) is 24.1 Å². The number of aliphatic hydroxyl groups excluding tert-OH is 2. The Hall–Kier alpha value is -6.29. The minimum absolute atomic E-state index is 0.00675. The number of nitrogens with zero attached hydrogens (tertiary/aromatic N) is 3. The van der Waals surface area contributed by atoms with Gasteiger partial charge in [0, 0.05) is 49.8 Å². The lowest BCUT2D eigenvalue weighted by Crippen LogP contribution is -2.70. The van der Waals surface area contributed by atoms with Gasteiger partial charge in [-0.25, -0.2) is 9.59 Å². The summed E-state index contributed by atoms with van der Waals surface area (Å²) in [5.74, 6) is -1.88. The largest absolute Gasteiger partial charge is 0.459 e. The third-order valence-corrected chi connectivity index (χ3v) is 12.8. The Morgan fingerprint density at radius 1 is 1.00 bits per heavy atom. The number of ether oxygens (including phenoxy) is 4. The van der Waals surface area contributed by atoms with E-state index in [-0.39, 0.29) is 69.4 Å². The zero-order valence-corrected chi connectivity index (χ0v) is 37.6. The number of hydrogen-bond donors (Lipinski definition) is 3. The summed E-state index contributed by atoms with van der Waals surface area (Å²) in [7, 11) is 0. The molecule has 0 spiro atoms. The number of non-ortho nitro benzene ring substituents is 1. The fourth-order valence-electron chi connectivity index (χ4n) is 10.0. The van der Waals surface area contributed by atoms with E-state index < -0.39 is 34.9 Å². The third kappa shape index (κ3) is 10.4. The van der Waals surface area contributed by atoms with Crippen molar-refractivity contribution in [3.63, 3.8) is 0 Å². The number of fused-ring (bicyclic) bond motifs is 3. The monoisotopic (exact) mass is 904 g/mol. The number of carbonyl (C=O) groups is 2. The quantitative estimate of drug-likeness (QED) is 0.0312. The molecule has 2 amide bonds. The first kappa shape index (κ1) is 47.7. The molecule has 1 saturated carbocycles. The Bertz CT molecular complexity index is 2400. The van der Waals surface area contributed by atoms with Crippen LogP contribution in [-0.4, -0.2) is 82.7 Å². The van der Waals surface area contributed by atoms with Gasteiger partial charge >= 0.3 is 12.2 Å². The summed E-state index contributed by atoms with van der Waals surface area (Å²) >= 11 is 0. The van der Waals surface area contributed by atoms with Crippen LogP contribution >= 0.6 is 0 Å². The first-order chi connectivity index (χ1) is 32.2. The number of hydrogen-bond acceptors (Lipinski definition) is 12. The summed E-state index contributed by atoms with van der Waals surface area (Å²) in [4.78, 5) is 46.4. The van der Waals surface area contributed by atoms with Crippen LogP contribution in [0.1, 0.15) is 81.4 Å². The molecule has 4 aromatic carbocycles. The van der Waals surface area contributed by atoms with E-state index in [1.165, 1.54) is 12.1 Å². The van der Waals surface area contributed by atoms with E-state index in [0.29, 0.717) is 55.0 Å². The lowest BCUT2D eigenvalue weighted by molar-refractivity contribution is -0.384. The lowest BCUT2D eigenvalue weighted by Gasteiger charge is -2.59. The van der Waals surface area contributed by atoms with Crippen LogP contribution in [0.5, 0.6) is 11.5 Å². The van der Waals surface area contributed by atoms with Gasteiger partial charge < -0.3 is 39.3 Å². The number of oxime groups is 1. The highest BCUT2D eigenvalue weighted by Gasteiger charge is 2.65. The second-order valence-electron chi connectivity index (χ2n) is 16.9. The molecule has 0 aromatic heterocycles. The van der Waals surface area contributed by atoms with Gasteiger partial charge in [-0.1, -0.05) is 72.6 Å². The van der Waals surface area contributed by atoms with Crippen molar-refractivity contribution in [3.8, 4) is 11.5 Å². The van der Waals surface area contributed by atoms with Crippen molar-refractivity contribution in [2.45, 2.75) is 89.7 Å². The van der Waals surface area contributed by atoms with Crippen molar-refractivity contribution < 1.29 is 48.5 Å². The topological polar surface area (TPSA) is 192 Å². The standard InChI is InChI=1S/C51H60N4O11/c1-4-28-63-51-46(54(50(59)62-6-3)32-37-17-13-16-35-14-7-8-18-40(35)37)31-44(53-64-33-34-20-22-38(23-21-34)55(60)61)42-29-36(15-9-11-26-56)41(19-10-12-27-57)47(48(42)51)43-30-39(24-25-45(43)66-51)65-49(58)52-5-2/h4,7-8,13-14,16-18,20-25,29-30,36,41,46-48,56-57H,1,5-6,9-12,15,19,26-28,31-33H2,2-3H3,(H,52,58). The number of benzene rings is 4. The number of nitro groups is 1. The molecule has 66 heavy (non-hydrogen) atoms. The molecule has 6 atom stereocenters. The molecule has 7 rings (SSSR count). The Balaban J connectivity index is 1.46. The van der Waals surface area contributed by atoms with Crippen molar-refractivity contribution in [1.82, 2.24) is 10.2 Å². The van der Waals surface area contributed by atoms with E-state index >= 15 is 0 Å². The van der Waals surface area contributed by atoms with E-state index in [1.807, 2.05) is 55.5 Å². The van der Waals surface area contributed by atoms with Gasteiger partial charge in [0.2, 0.25) is 5.79 Å². The molecule has 1 aliphatic heterocycles. The van der Waals surface area contributed by atoms with Crippen molar-refractivity contribution in [1.29, 1.82) is 0 Å². The number of nitro benzene ring substituents is 1. The molecular formula is C51H60N4O11. The highest BCUT2D eigenvalue weighted by molar-refractivity contribution is 6.03. The minimum Gasteiger partial charge on any atom is -0.459 e. The van der Waals surface area contributed by atoms with Gasteiger partial charge in [0.25, 0.3) is 5.69 Å². The van der Waals surface area contributed by atoms with Crippen LogP contribution in [0.4, 0.5) is 15.3 Å². The Kier molecular flexibility index (Phi) is 16.1. The number of amides is 2. The number of allylic oxidation sites excluding steroid dienone is 1. The van der Waals surface area contributed by atoms with Gasteiger partial charge in [-0.3, -0.25) is 15.0 Å². The fourth-order valence-corrected chi connectivity index (χ4v) is 10.0. The maximum Gasteiger partial charge on any atom is 0.412 e. The van der Waals surface area contributed by atoms with E-state index in [9.17, 15) is 29.9 Å². The summed E-state index contributed by atoms with van der Waals surface area (Å²) < 4.78 is 26.1. The van der Waals surface area contributed by atoms with Crippen LogP contribution in [-0.2, 0) is 27.5 Å². The number of unbranched alkanes of at least 4 members (excludes halogenated alkanes) is 2. The second-order valence-corrected chi connectivity index (χ2v) is 16.9. The van der Waals surface area contributed by atoms with Crippen LogP contribution in [0.3, 0.4) is 0 Å². The Morgan fingerprint density at radius 2 is 1.76 bits per heavy atom. The maximum absolute atomic E-state index is 14.7. The Morgan fingerprint density at radius 3 is 2.48 bits per heavy atom. The molecule has 0 bridgehead atoms. The van der Waals surface area contributed by atoms with Gasteiger partial charge in [-0.05, 0) is 109 Å². The fraction of sp³-hybridized carbons (Fsp3) is 0.431. The summed E-state index contributed by atoms with van der Waals surface area (Å²) in [6, 6.07) is 24.5. The van der Waals surface area contributed by atoms with E-state index in [4.69, 9.17) is 28.9 Å². The lowest BCUT2D eigenvalue weighted by atomic mass is 9.55. The van der Waals surface area contributed by atoms with Crippen LogP contribution in [0.15, 0.2) is 114 Å². The van der Waals surface area contributed by atoms with Gasteiger partial charge in [0.15, 0.2) is 0 Å². The SMILES string of the molecule is C=CCOC12Oc3ccc(OC(=O)NCC)cc3C3C(CCCCO)C(CCCCO)C=C(C(=NOCc4ccc([N+](=O)[O-])cc4)CC1N(Cc1cccc4ccccc14)C(=O)OCC)C32. The molecule has 1 heterocycles. The number of nitrogens with one attached hydrogen (secondary N) is 1. The van der Waals surface area contributed by atoms with Crippen LogP contribution in [0.2, 0.25) is 0 Å². The third-order valence-electron chi connectivity index (χ3n) is 12.8. The predicted molar refractivity (Wildman–Crippen MR) is 249 cm³/mol. The van der Waals surface area contributed by atoms with E-state index in [1.54, 1.807) is 42.2 Å². The molecule has 15 heteroatoms. The summed E-state index contributed by atoms with van der Waals surface area (Å²) in [5.41, 5.74) is 3.66. The molecule has 6 unspecified atom stereocenters. The first-order valence-corrected chi connectivity index (χ1v) is 23.0. The average molecular weight is 905 g/mol. The predicted octanol–water partition coefficient (Wildman–Crippen LogP) is 9.35. The smallest absolute Gasteiger partial charge is 0.412 e. The molecule has 3 aliphatic rings. The van der Waals surface area contributed by atoms with Gasteiger partial charge in [0.05, 0.1) is 36.3 Å². The molecule has 15 nitrogen and oxygen atoms in total. The molecule has 4 aromatic rings. The molecule has 350 valence electrons. The molecule has 0 saturated heterocycles. The van der Waals surface area contributed by atoms with Crippen LogP contribution in [0.25, 0.3) is 10.8 Å². The normalized spacial score (nSPS) is 22.3. The van der Waals surface area contributed by atoms with Crippen molar-refractivity contribution in [2.75, 3.05) is 33.0 Å². The summed E-state index contributed by atoms with van der Waals surface area (Å²) in [6.45, 7) is 8.34. The summed E-state index contributed by atoms with van der Waals surface area (Å²) in [5, 5.41) is 40.9. The first-order valence-electron chi connectivity index (χ1n) is 23.0. The highest BCUT2D eigenvalue weighted by atomic mass is 16.7. The van der Waals surface area contributed by atoms with Gasteiger partial charge in [-0.2, -0.15) is 0 Å². The van der Waals surface area contributed by atoms with Crippen molar-refractivity contribution in [3.05, 3.63) is 136 Å². The zero-order valence-electron chi connectivity index (χ0n) is 37.6. The summed E-state index contributed by atoms with van der Waals surface area (Å²) in [6.07, 6.45) is 6.93. The van der Waals surface area contributed by atoms with Crippen molar-refractivity contribution in [2.24, 2.45) is 22.9 Å². The van der Waals surface area contributed by atoms with Crippen LogP contribution < -0.4 is 14.8 Å². The second kappa shape index (κ2) is 22.3. The molecule has 1 fully saturated rings. The number of carbonyl (C=O) groups excluding carboxylic acids is 2. The minimum atomic E-state index is -1.57. The molecule has 3 N–H and O–H groups in total. The molecule has 2 aliphatic carbocycles. The van der Waals surface area contributed by atoms with Gasteiger partial charge in [-0.15, -0.1) is 6.58 Å². The molecular weight excluding hydrogens is 845 g/mol. The zero-order chi connectivity index (χ0) is 46.6. The van der Waals surface area contributed by atoms with Crippen LogP contribution in [0, 0.1) is 27.9 Å². The highest BCUT2D eigenvalue weighted by Crippen LogP contribution is 2.62.